The number of hydrogen-bond acceptors (Lipinski definition) is 2. The zero-order valence-electron chi connectivity index (χ0n) is 11.0. The number of nitrogens with zero attached hydrogens (tertiary/aromatic N) is 1. The number of rotatable bonds is 4. The lowest BCUT2D eigenvalue weighted by molar-refractivity contribution is -0.137. The molecule has 0 spiro atoms. The number of carbonyl (C=O) groups is 2. The van der Waals surface area contributed by atoms with Crippen molar-refractivity contribution >= 4 is 12.0 Å². The molecule has 0 heterocycles. The smallest absolute Gasteiger partial charge is 0.318 e. The number of carbonyl (C=O) groups excluding carboxylic acids is 1. The third kappa shape index (κ3) is 4.24. The highest BCUT2D eigenvalue weighted by Gasteiger charge is 2.36. The van der Waals surface area contributed by atoms with Crippen LogP contribution < -0.4 is 5.32 Å². The number of hydrogen-bond donors (Lipinski definition) is 2. The van der Waals surface area contributed by atoms with Crippen molar-refractivity contribution in [1.29, 1.82) is 0 Å². The van der Waals surface area contributed by atoms with Gasteiger partial charge in [0.05, 0.1) is 6.42 Å². The predicted octanol–water partition coefficient (Wildman–Crippen LogP) is 1.68. The van der Waals surface area contributed by atoms with Gasteiger partial charge in [-0.3, -0.25) is 4.79 Å². The third-order valence-electron chi connectivity index (χ3n) is 3.02. The van der Waals surface area contributed by atoms with E-state index in [1.165, 1.54) is 0 Å². The lowest BCUT2D eigenvalue weighted by Gasteiger charge is -2.35. The maximum Gasteiger partial charge on any atom is 0.318 e. The van der Waals surface area contributed by atoms with Gasteiger partial charge in [-0.15, -0.1) is 0 Å². The number of urea groups is 1. The summed E-state index contributed by atoms with van der Waals surface area (Å²) in [4.78, 5) is 24.2. The first kappa shape index (κ1) is 13.8. The molecule has 0 aromatic carbocycles. The Morgan fingerprint density at radius 2 is 1.94 bits per heavy atom. The van der Waals surface area contributed by atoms with Crippen molar-refractivity contribution in [3.63, 3.8) is 0 Å². The largest absolute Gasteiger partial charge is 0.481 e. The van der Waals surface area contributed by atoms with Crippen LogP contribution in [-0.4, -0.2) is 40.1 Å². The van der Waals surface area contributed by atoms with Crippen LogP contribution in [0.1, 0.15) is 40.5 Å². The number of aliphatic carboxylic acids is 1. The minimum Gasteiger partial charge on any atom is -0.481 e. The average Bonchev–Trinajstić information content (AvgIpc) is 2.78. The molecule has 1 fully saturated rings. The highest BCUT2D eigenvalue weighted by atomic mass is 16.4. The minimum absolute atomic E-state index is 0.0229. The monoisotopic (exact) mass is 242 g/mol. The third-order valence-corrected chi connectivity index (χ3v) is 3.02. The van der Waals surface area contributed by atoms with E-state index >= 15 is 0 Å². The van der Waals surface area contributed by atoms with Gasteiger partial charge in [-0.25, -0.2) is 4.79 Å². The molecule has 2 N–H and O–H groups in total. The molecule has 0 saturated heterocycles. The summed E-state index contributed by atoms with van der Waals surface area (Å²) >= 11 is 0. The van der Waals surface area contributed by atoms with Gasteiger partial charge in [0, 0.05) is 18.1 Å². The molecule has 5 nitrogen and oxygen atoms in total. The Balaban J connectivity index is 2.55. The summed E-state index contributed by atoms with van der Waals surface area (Å²) in [6.45, 7) is 8.05. The summed E-state index contributed by atoms with van der Waals surface area (Å²) < 4.78 is 0. The van der Waals surface area contributed by atoms with E-state index in [4.69, 9.17) is 5.11 Å². The molecule has 98 valence electrons. The molecule has 0 aliphatic heterocycles. The van der Waals surface area contributed by atoms with Crippen molar-refractivity contribution in [3.05, 3.63) is 0 Å². The molecule has 0 radical (unpaired) electrons. The van der Waals surface area contributed by atoms with Gasteiger partial charge in [-0.1, -0.05) is 6.92 Å². The molecule has 17 heavy (non-hydrogen) atoms. The first-order valence-corrected chi connectivity index (χ1v) is 6.01. The second-order valence-corrected chi connectivity index (χ2v) is 5.74. The van der Waals surface area contributed by atoms with Crippen molar-refractivity contribution in [2.75, 3.05) is 6.54 Å². The summed E-state index contributed by atoms with van der Waals surface area (Å²) in [5, 5.41) is 11.6. The lowest BCUT2D eigenvalue weighted by Crippen LogP contribution is -2.51. The zero-order chi connectivity index (χ0) is 13.2. The van der Waals surface area contributed by atoms with E-state index in [1.54, 1.807) is 4.90 Å². The molecule has 2 amide bonds. The van der Waals surface area contributed by atoms with E-state index in [-0.39, 0.29) is 30.6 Å². The Kier molecular flexibility index (Phi) is 4.01. The van der Waals surface area contributed by atoms with Crippen molar-refractivity contribution in [2.45, 2.75) is 52.1 Å². The van der Waals surface area contributed by atoms with Crippen LogP contribution in [0.2, 0.25) is 0 Å². The number of carboxylic acids is 1. The molecule has 2 unspecified atom stereocenters. The SMILES string of the molecule is CC1CC1NC(=O)N(CCC(=O)O)C(C)(C)C. The second kappa shape index (κ2) is 4.94. The first-order chi connectivity index (χ1) is 7.71. The van der Waals surface area contributed by atoms with Crippen LogP contribution >= 0.6 is 0 Å². The summed E-state index contributed by atoms with van der Waals surface area (Å²) in [5.74, 6) is -0.341. The standard InChI is InChI=1S/C12H22N2O3/c1-8-7-9(8)13-11(17)14(12(2,3)4)6-5-10(15)16/h8-9H,5-7H2,1-4H3,(H,13,17)(H,15,16). The topological polar surface area (TPSA) is 69.6 Å². The summed E-state index contributed by atoms with van der Waals surface area (Å²) in [6, 6.07) is 0.102. The number of carboxylic acid groups (broad SMARTS) is 1. The molecule has 1 rings (SSSR count). The summed E-state index contributed by atoms with van der Waals surface area (Å²) in [6.07, 6.45) is 0.994. The van der Waals surface area contributed by atoms with Crippen LogP contribution in [0.15, 0.2) is 0 Å². The molecule has 1 aliphatic carbocycles. The van der Waals surface area contributed by atoms with Crippen molar-refractivity contribution in [3.8, 4) is 0 Å². The van der Waals surface area contributed by atoms with Crippen molar-refractivity contribution < 1.29 is 14.7 Å². The van der Waals surface area contributed by atoms with Crippen molar-refractivity contribution in [1.82, 2.24) is 10.2 Å². The Labute approximate surface area is 102 Å². The lowest BCUT2D eigenvalue weighted by atomic mass is 10.1. The predicted molar refractivity (Wildman–Crippen MR) is 64.8 cm³/mol. The molecular formula is C12H22N2O3. The quantitative estimate of drug-likeness (QED) is 0.788. The van der Waals surface area contributed by atoms with Crippen LogP contribution in [-0.2, 0) is 4.79 Å². The Morgan fingerprint density at radius 3 is 2.29 bits per heavy atom. The van der Waals surface area contributed by atoms with E-state index in [9.17, 15) is 9.59 Å². The number of nitrogens with one attached hydrogen (secondary N) is 1. The van der Waals surface area contributed by atoms with Crippen molar-refractivity contribution in [2.24, 2.45) is 5.92 Å². The molecule has 0 aromatic rings. The fourth-order valence-electron chi connectivity index (χ4n) is 1.71. The Hall–Kier alpha value is -1.26. The van der Waals surface area contributed by atoms with E-state index in [2.05, 4.69) is 12.2 Å². The second-order valence-electron chi connectivity index (χ2n) is 5.74. The summed E-state index contributed by atoms with van der Waals surface area (Å²) in [5.41, 5.74) is -0.363. The van der Waals surface area contributed by atoms with Crippen LogP contribution in [0, 0.1) is 5.92 Å². The van der Waals surface area contributed by atoms with Gasteiger partial charge in [-0.2, -0.15) is 0 Å². The van der Waals surface area contributed by atoms with E-state index in [1.807, 2.05) is 20.8 Å². The van der Waals surface area contributed by atoms with Gasteiger partial charge >= 0.3 is 12.0 Å². The maximum absolute atomic E-state index is 12.0. The van der Waals surface area contributed by atoms with Gasteiger partial charge in [0.15, 0.2) is 0 Å². The molecule has 1 saturated carbocycles. The van der Waals surface area contributed by atoms with E-state index < -0.39 is 5.97 Å². The maximum atomic E-state index is 12.0. The van der Waals surface area contributed by atoms with E-state index in [0.29, 0.717) is 5.92 Å². The van der Waals surface area contributed by atoms with E-state index in [0.717, 1.165) is 6.42 Å². The molecule has 2 atom stereocenters. The Morgan fingerprint density at radius 1 is 1.41 bits per heavy atom. The number of amides is 2. The Bertz CT molecular complexity index is 309. The first-order valence-electron chi connectivity index (χ1n) is 6.01. The molecule has 5 heteroatoms. The minimum atomic E-state index is -0.883. The van der Waals surface area contributed by atoms with Crippen LogP contribution in [0.25, 0.3) is 0 Å². The van der Waals surface area contributed by atoms with Crippen LogP contribution in [0.4, 0.5) is 4.79 Å². The highest BCUT2D eigenvalue weighted by molar-refractivity contribution is 5.76. The fraction of sp³-hybridized carbons (Fsp3) is 0.833. The normalized spacial score (nSPS) is 23.1. The highest BCUT2D eigenvalue weighted by Crippen LogP contribution is 2.29. The van der Waals surface area contributed by atoms with Gasteiger partial charge < -0.3 is 15.3 Å². The molecule has 0 bridgehead atoms. The van der Waals surface area contributed by atoms with Gasteiger partial charge in [0.25, 0.3) is 0 Å². The zero-order valence-corrected chi connectivity index (χ0v) is 11.0. The molecule has 1 aliphatic rings. The van der Waals surface area contributed by atoms with Gasteiger partial charge in [-0.05, 0) is 33.1 Å². The van der Waals surface area contributed by atoms with Crippen LogP contribution in [0.3, 0.4) is 0 Å². The fourth-order valence-corrected chi connectivity index (χ4v) is 1.71. The average molecular weight is 242 g/mol. The molecule has 0 aromatic heterocycles. The van der Waals surface area contributed by atoms with Gasteiger partial charge in [0.1, 0.15) is 0 Å². The summed E-state index contributed by atoms with van der Waals surface area (Å²) in [7, 11) is 0. The molecular weight excluding hydrogens is 220 g/mol. The van der Waals surface area contributed by atoms with Crippen LogP contribution in [0.5, 0.6) is 0 Å². The van der Waals surface area contributed by atoms with Gasteiger partial charge in [0.2, 0.25) is 0 Å².